The predicted molar refractivity (Wildman–Crippen MR) is 116 cm³/mol. The molecule has 0 aromatic heterocycles. The molecule has 0 radical (unpaired) electrons. The van der Waals surface area contributed by atoms with Gasteiger partial charge in [0, 0.05) is 0 Å². The molecule has 29 heavy (non-hydrogen) atoms. The van der Waals surface area contributed by atoms with Crippen LogP contribution in [0.5, 0.6) is 5.75 Å². The second-order valence-electron chi connectivity index (χ2n) is 8.23. The van der Waals surface area contributed by atoms with E-state index in [1.807, 2.05) is 12.1 Å². The van der Waals surface area contributed by atoms with Crippen molar-refractivity contribution in [3.8, 4) is 5.75 Å². The molecule has 0 saturated carbocycles. The van der Waals surface area contributed by atoms with Crippen LogP contribution in [0.15, 0.2) is 18.2 Å². The second-order valence-corrected chi connectivity index (χ2v) is 10.1. The van der Waals surface area contributed by atoms with E-state index in [0.29, 0.717) is 5.75 Å². The molecule has 0 atom stereocenters. The van der Waals surface area contributed by atoms with Gasteiger partial charge >= 0.3 is 29.6 Å². The summed E-state index contributed by atoms with van der Waals surface area (Å²) in [5, 5.41) is 0. The normalized spacial score (nSPS) is 11.9. The molecule has 4 nitrogen and oxygen atoms in total. The average molecular weight is 435 g/mol. The standard InChI is InChI=1S/C23H40O4S.Na/c1-5-7-9-11-13-15-20-17-18-21(16-14-12-10-8-6-2)22(19-20)27-23(3,4)28(24,25)26;/h17-19H,5-16H2,1-4H3,(H,24,25,26);/q;+1/p-1. The van der Waals surface area contributed by atoms with Crippen LogP contribution in [0.3, 0.4) is 0 Å². The van der Waals surface area contributed by atoms with Crippen molar-refractivity contribution in [1.82, 2.24) is 0 Å². The first-order valence-corrected chi connectivity index (χ1v) is 12.4. The molecule has 0 N–H and O–H groups in total. The topological polar surface area (TPSA) is 66.4 Å². The minimum absolute atomic E-state index is 0. The number of hydrogen-bond donors (Lipinski definition) is 0. The Morgan fingerprint density at radius 1 is 0.862 bits per heavy atom. The minimum Gasteiger partial charge on any atom is -0.745 e. The Morgan fingerprint density at radius 3 is 1.90 bits per heavy atom. The third-order valence-electron chi connectivity index (χ3n) is 5.21. The largest absolute Gasteiger partial charge is 1.00 e. The van der Waals surface area contributed by atoms with Gasteiger partial charge in [-0.3, -0.25) is 0 Å². The van der Waals surface area contributed by atoms with Gasteiger partial charge in [-0.15, -0.1) is 0 Å². The number of aryl methyl sites for hydroxylation is 2. The molecule has 0 aliphatic carbocycles. The summed E-state index contributed by atoms with van der Waals surface area (Å²) < 4.78 is 40.5. The van der Waals surface area contributed by atoms with E-state index in [2.05, 4.69) is 19.9 Å². The zero-order valence-electron chi connectivity index (χ0n) is 19.3. The van der Waals surface area contributed by atoms with Gasteiger partial charge in [0.05, 0.1) is 0 Å². The third-order valence-corrected chi connectivity index (χ3v) is 6.50. The van der Waals surface area contributed by atoms with Crippen LogP contribution in [0, 0.1) is 0 Å². The molecule has 1 aromatic rings. The van der Waals surface area contributed by atoms with Crippen molar-refractivity contribution in [2.24, 2.45) is 0 Å². The van der Waals surface area contributed by atoms with Gasteiger partial charge in [0.25, 0.3) is 0 Å². The summed E-state index contributed by atoms with van der Waals surface area (Å²) in [5.41, 5.74) is 2.13. The van der Waals surface area contributed by atoms with Gasteiger partial charge in [0.1, 0.15) is 15.9 Å². The molecular weight excluding hydrogens is 395 g/mol. The van der Waals surface area contributed by atoms with E-state index in [1.54, 1.807) is 0 Å². The minimum atomic E-state index is -4.56. The van der Waals surface area contributed by atoms with Gasteiger partial charge in [0.2, 0.25) is 0 Å². The van der Waals surface area contributed by atoms with Crippen molar-refractivity contribution in [1.29, 1.82) is 0 Å². The van der Waals surface area contributed by atoms with Crippen LogP contribution in [0.1, 0.15) is 103 Å². The fourth-order valence-electron chi connectivity index (χ4n) is 3.22. The first-order chi connectivity index (χ1) is 13.2. The Hall–Kier alpha value is -0.0700. The Balaban J connectivity index is 0.00000784. The number of rotatable bonds is 15. The molecule has 0 heterocycles. The zero-order valence-corrected chi connectivity index (χ0v) is 22.1. The Morgan fingerprint density at radius 2 is 1.38 bits per heavy atom. The van der Waals surface area contributed by atoms with Gasteiger partial charge in [-0.05, 0) is 56.7 Å². The first kappa shape index (κ1) is 28.9. The van der Waals surface area contributed by atoms with Crippen LogP contribution in [0.25, 0.3) is 0 Å². The summed E-state index contributed by atoms with van der Waals surface area (Å²) in [6, 6.07) is 6.10. The molecule has 6 heteroatoms. The van der Waals surface area contributed by atoms with Crippen molar-refractivity contribution < 1.29 is 47.3 Å². The Kier molecular flexibility index (Phi) is 14.8. The Bertz CT molecular complexity index is 671. The summed E-state index contributed by atoms with van der Waals surface area (Å²) >= 11 is 0. The van der Waals surface area contributed by atoms with Crippen LogP contribution in [-0.4, -0.2) is 17.9 Å². The zero-order chi connectivity index (χ0) is 21.0. The predicted octanol–water partition coefficient (Wildman–Crippen LogP) is 3.38. The molecule has 1 rings (SSSR count). The monoisotopic (exact) mass is 434 g/mol. The van der Waals surface area contributed by atoms with Gasteiger partial charge in [-0.2, -0.15) is 0 Å². The Labute approximate surface area is 201 Å². The molecular formula is C23H39NaO4S. The molecule has 1 aromatic carbocycles. The van der Waals surface area contributed by atoms with Crippen LogP contribution >= 0.6 is 0 Å². The summed E-state index contributed by atoms with van der Waals surface area (Å²) in [6.07, 6.45) is 13.7. The molecule has 0 spiro atoms. The summed E-state index contributed by atoms with van der Waals surface area (Å²) in [4.78, 5) is -1.77. The van der Waals surface area contributed by atoms with Crippen molar-refractivity contribution in [3.63, 3.8) is 0 Å². The number of unbranched alkanes of at least 4 members (excludes halogenated alkanes) is 8. The molecule has 162 valence electrons. The molecule has 0 aliphatic rings. The van der Waals surface area contributed by atoms with E-state index < -0.39 is 15.1 Å². The number of hydrogen-bond acceptors (Lipinski definition) is 4. The van der Waals surface area contributed by atoms with E-state index in [1.165, 1.54) is 58.8 Å². The number of ether oxygens (including phenoxy) is 1. The van der Waals surface area contributed by atoms with Crippen LogP contribution in [0.2, 0.25) is 0 Å². The van der Waals surface area contributed by atoms with Crippen molar-refractivity contribution in [2.75, 3.05) is 0 Å². The van der Waals surface area contributed by atoms with Crippen molar-refractivity contribution in [3.05, 3.63) is 29.3 Å². The van der Waals surface area contributed by atoms with Gasteiger partial charge < -0.3 is 9.29 Å². The van der Waals surface area contributed by atoms with E-state index in [4.69, 9.17) is 4.74 Å². The molecule has 0 bridgehead atoms. The van der Waals surface area contributed by atoms with Gasteiger partial charge in [-0.1, -0.05) is 77.3 Å². The fraction of sp³-hybridized carbons (Fsp3) is 0.739. The number of benzene rings is 1. The van der Waals surface area contributed by atoms with Crippen molar-refractivity contribution >= 4 is 10.1 Å². The SMILES string of the molecule is CCCCCCCc1ccc(CCCCCCC)c(OC(C)(C)S(=O)(=O)[O-])c1.[Na+]. The maximum Gasteiger partial charge on any atom is 1.00 e. The molecule has 0 saturated heterocycles. The van der Waals surface area contributed by atoms with Gasteiger partial charge in [0.15, 0.2) is 4.93 Å². The molecule has 0 unspecified atom stereocenters. The molecule has 0 amide bonds. The summed E-state index contributed by atoms with van der Waals surface area (Å²) in [5.74, 6) is 0.547. The molecule has 0 fully saturated rings. The maximum absolute atomic E-state index is 11.6. The summed E-state index contributed by atoms with van der Waals surface area (Å²) in [7, 11) is -4.56. The van der Waals surface area contributed by atoms with Crippen LogP contribution < -0.4 is 34.3 Å². The smallest absolute Gasteiger partial charge is 0.745 e. The van der Waals surface area contributed by atoms with E-state index in [-0.39, 0.29) is 29.6 Å². The molecule has 0 aliphatic heterocycles. The fourth-order valence-corrected chi connectivity index (χ4v) is 3.42. The van der Waals surface area contributed by atoms with Crippen LogP contribution in [0.4, 0.5) is 0 Å². The quantitative estimate of drug-likeness (QED) is 0.241. The van der Waals surface area contributed by atoms with E-state index in [0.717, 1.165) is 43.2 Å². The van der Waals surface area contributed by atoms with E-state index in [9.17, 15) is 13.0 Å². The van der Waals surface area contributed by atoms with E-state index >= 15 is 0 Å². The third kappa shape index (κ3) is 11.2. The van der Waals surface area contributed by atoms with Crippen LogP contribution in [-0.2, 0) is 23.0 Å². The maximum atomic E-state index is 11.6. The van der Waals surface area contributed by atoms with Gasteiger partial charge in [-0.25, -0.2) is 8.42 Å². The second kappa shape index (κ2) is 14.9. The van der Waals surface area contributed by atoms with Crippen molar-refractivity contribution in [2.45, 2.75) is 110 Å². The summed E-state index contributed by atoms with van der Waals surface area (Å²) in [6.45, 7) is 7.06. The average Bonchev–Trinajstić information content (AvgIpc) is 2.61. The first-order valence-electron chi connectivity index (χ1n) is 11.0.